The van der Waals surface area contributed by atoms with Gasteiger partial charge in [-0.1, -0.05) is 0 Å². The van der Waals surface area contributed by atoms with Crippen LogP contribution in [0.15, 0.2) is 0 Å². The molecule has 0 rings (SSSR count). The summed E-state index contributed by atoms with van der Waals surface area (Å²) in [5.41, 5.74) is 0. The van der Waals surface area contributed by atoms with Crippen molar-refractivity contribution in [1.82, 2.24) is 0 Å². The van der Waals surface area contributed by atoms with Crippen molar-refractivity contribution in [3.8, 4) is 0 Å². The maximum absolute atomic E-state index is 0. The van der Waals surface area contributed by atoms with Crippen LogP contribution in [0.4, 0.5) is 14.1 Å². The predicted octanol–water partition coefficient (Wildman–Crippen LogP) is 1.69. The molecule has 0 amide bonds. The smallest absolute Gasteiger partial charge is 0.107 e. The van der Waals surface area contributed by atoms with Crippen molar-refractivity contribution in [1.29, 1.82) is 0 Å². The highest BCUT2D eigenvalue weighted by molar-refractivity contribution is 14.0. The van der Waals surface area contributed by atoms with Gasteiger partial charge in [-0.15, -0.1) is 48.0 Å². The summed E-state index contributed by atoms with van der Waals surface area (Å²) in [6.07, 6.45) is 0. The lowest BCUT2D eigenvalue weighted by Gasteiger charge is -0.270. The first-order valence-electron chi connectivity index (χ1n) is 0. The predicted molar refractivity (Wildman–Crippen MR) is 38.3 cm³/mol. The van der Waals surface area contributed by atoms with E-state index in [9.17, 15) is 0 Å². The zero-order valence-electron chi connectivity index (χ0n) is 2.04. The van der Waals surface area contributed by atoms with Gasteiger partial charge >= 0.3 is 0 Å². The Labute approximate surface area is 61.8 Å². The highest BCUT2D eigenvalue weighted by atomic mass is 127. The van der Waals surface area contributed by atoms with Gasteiger partial charge in [0.2, 0.25) is 0 Å². The second-order valence-electron chi connectivity index (χ2n) is 0. The van der Waals surface area contributed by atoms with Crippen molar-refractivity contribution >= 4 is 48.0 Å². The molecule has 0 atom stereocenters. The zero-order chi connectivity index (χ0) is 0. The lowest BCUT2D eigenvalue weighted by molar-refractivity contribution is 1.11. The maximum atomic E-state index is 0. The van der Waals surface area contributed by atoms with E-state index in [0.717, 1.165) is 0 Å². The molecule has 0 aliphatic heterocycles. The minimum atomic E-state index is 0. The summed E-state index contributed by atoms with van der Waals surface area (Å²) in [5, 5.41) is 0. The first kappa shape index (κ1) is 110. The number of hydrogen-bond donors (Lipinski definition) is 0. The average molecular weight is 316 g/mol. The van der Waals surface area contributed by atoms with E-state index < -0.39 is 0 Å². The van der Waals surface area contributed by atoms with Gasteiger partial charge in [0.25, 0.3) is 0 Å². The van der Waals surface area contributed by atoms with Gasteiger partial charge in [0.05, 0.1) is 0 Å². The van der Waals surface area contributed by atoms with Crippen LogP contribution in [0.25, 0.3) is 0 Å². The Balaban J connectivity index is 0. The third-order valence-electron chi connectivity index (χ3n) is 0. The van der Waals surface area contributed by atoms with Crippen LogP contribution in [0.2, 0.25) is 0 Å². The van der Waals surface area contributed by atoms with E-state index in [1.54, 1.807) is 0 Å². The fraction of sp³-hybridized carbons (Fsp3) is 0. The summed E-state index contributed by atoms with van der Waals surface area (Å²) in [6.45, 7) is 0. The van der Waals surface area contributed by atoms with E-state index >= 15 is 0 Å². The molecule has 0 aliphatic carbocycles. The molecule has 0 fully saturated rings. The van der Waals surface area contributed by atoms with Crippen LogP contribution in [0, 0.1) is 0 Å². The highest BCUT2D eigenvalue weighted by Crippen LogP contribution is 0.887. The molecule has 0 heterocycles. The van der Waals surface area contributed by atoms with E-state index in [1.165, 1.54) is 0 Å². The number of halogens is 5. The van der Waals surface area contributed by atoms with Crippen molar-refractivity contribution in [3.05, 3.63) is 0 Å². The first-order valence-corrected chi connectivity index (χ1v) is 0. The molecule has 0 aromatic carbocycles. The fourth-order valence-electron chi connectivity index (χ4n) is 0. The molecule has 0 aromatic rings. The van der Waals surface area contributed by atoms with Gasteiger partial charge in [0, 0.05) is 0 Å². The molecule has 0 saturated heterocycles. The summed E-state index contributed by atoms with van der Waals surface area (Å²) >= 11 is 0. The molecule has 0 nitrogen and oxygen atoms in total. The molecular weight excluding hydrogens is 311 g/mol. The SMILES string of the molecule is F.F.F.I.I. The molecule has 0 unspecified atom stereocenters. The summed E-state index contributed by atoms with van der Waals surface area (Å²) in [4.78, 5) is 0. The van der Waals surface area contributed by atoms with Crippen molar-refractivity contribution in [2.24, 2.45) is 0 Å². The number of rotatable bonds is 0. The van der Waals surface area contributed by atoms with E-state index in [0.29, 0.717) is 0 Å². The molecule has 5 heavy (non-hydrogen) atoms. The Kier molecular flexibility index (Phi) is 1340. The van der Waals surface area contributed by atoms with E-state index in [4.69, 9.17) is 0 Å². The second kappa shape index (κ2) is 60.7. The minimum Gasteiger partial charge on any atom is -0.269 e. The van der Waals surface area contributed by atoms with Gasteiger partial charge in [-0.3, -0.25) is 14.1 Å². The van der Waals surface area contributed by atoms with Crippen LogP contribution in [-0.4, -0.2) is 0 Å². The minimum absolute atomic E-state index is 0. The quantitative estimate of drug-likeness (QED) is 0.597. The Morgan fingerprint density at radius 2 is 0.400 bits per heavy atom. The van der Waals surface area contributed by atoms with Crippen LogP contribution in [-0.2, 0) is 0 Å². The lowest BCUT2D eigenvalue weighted by atomic mass is 19.0. The van der Waals surface area contributed by atoms with Gasteiger partial charge in [-0.2, -0.15) is 0 Å². The molecule has 40 valence electrons. The molecule has 0 bridgehead atoms. The summed E-state index contributed by atoms with van der Waals surface area (Å²) < 4.78 is 0. The summed E-state index contributed by atoms with van der Waals surface area (Å²) in [5.74, 6) is 0. The van der Waals surface area contributed by atoms with Crippen LogP contribution < -0.4 is 0 Å². The largest absolute Gasteiger partial charge is 0.269 e. The van der Waals surface area contributed by atoms with Crippen molar-refractivity contribution in [2.75, 3.05) is 0 Å². The lowest BCUT2D eigenvalue weighted by Crippen LogP contribution is 0.419. The van der Waals surface area contributed by atoms with Crippen LogP contribution in [0.3, 0.4) is 0 Å². The Hall–Kier alpha value is 1.25. The molecule has 0 aromatic heterocycles. The van der Waals surface area contributed by atoms with Crippen molar-refractivity contribution < 1.29 is 14.1 Å². The normalized spacial score (nSPS) is 0. The maximum Gasteiger partial charge on any atom is -0.107 e. The topological polar surface area (TPSA) is 0 Å². The van der Waals surface area contributed by atoms with E-state index in [-0.39, 0.29) is 62.1 Å². The fourth-order valence-corrected chi connectivity index (χ4v) is 0. The second-order valence-corrected chi connectivity index (χ2v) is 0. The van der Waals surface area contributed by atoms with E-state index in [1.807, 2.05) is 0 Å². The molecule has 0 aliphatic rings. The van der Waals surface area contributed by atoms with Crippen LogP contribution >= 0.6 is 48.0 Å². The first-order chi connectivity index (χ1) is 0. The third kappa shape index (κ3) is 35.5. The summed E-state index contributed by atoms with van der Waals surface area (Å²) in [7, 11) is 0. The Morgan fingerprint density at radius 3 is 0.400 bits per heavy atom. The van der Waals surface area contributed by atoms with Gasteiger partial charge in [-0.05, 0) is 0 Å². The van der Waals surface area contributed by atoms with Gasteiger partial charge in [-0.25, -0.2) is 0 Å². The summed E-state index contributed by atoms with van der Waals surface area (Å²) in [6, 6.07) is 0. The van der Waals surface area contributed by atoms with Crippen LogP contribution in [0.5, 0.6) is 0 Å². The van der Waals surface area contributed by atoms with Gasteiger partial charge in [0.15, 0.2) is 0 Å². The highest BCUT2D eigenvalue weighted by Gasteiger charge is -0.106. The van der Waals surface area contributed by atoms with Crippen molar-refractivity contribution in [3.63, 3.8) is 0 Å². The molecular formula is H5F3I2. The molecule has 0 radical (unpaired) electrons. The molecule has 0 saturated carbocycles. The molecule has 0 N–H and O–H groups in total. The van der Waals surface area contributed by atoms with Gasteiger partial charge in [0.1, 0.15) is 0 Å². The third-order valence-corrected chi connectivity index (χ3v) is 0. The standard InChI is InChI=1S/3FH.2HI/h5*1H. The number of hydrogen-bond acceptors (Lipinski definition) is 0. The molecule has 0 spiro atoms. The van der Waals surface area contributed by atoms with Crippen LogP contribution in [0.1, 0.15) is 0 Å². The average Bonchev–Trinajstić information content (AvgIpc) is 0. The Morgan fingerprint density at radius 1 is 0.400 bits per heavy atom. The van der Waals surface area contributed by atoms with Crippen molar-refractivity contribution in [2.45, 2.75) is 0 Å². The van der Waals surface area contributed by atoms with Gasteiger partial charge < -0.3 is 0 Å². The molecule has 5 heteroatoms. The Bertz CT molecular complexity index is 4.85. The zero-order valence-corrected chi connectivity index (χ0v) is 6.70. The van der Waals surface area contributed by atoms with E-state index in [2.05, 4.69) is 0 Å². The monoisotopic (exact) mass is 316 g/mol.